The zero-order valence-electron chi connectivity index (χ0n) is 10.1. The minimum atomic E-state index is -0.953. The molecule has 1 aromatic rings. The Morgan fingerprint density at radius 1 is 1.22 bits per heavy atom. The van der Waals surface area contributed by atoms with Crippen molar-refractivity contribution in [2.75, 3.05) is 13.3 Å². The molecule has 1 aromatic carbocycles. The standard InChI is InChI=1S/C12H16N2O4/c1-9-2-4-10(5-3-9)18-8-14-12(17)13-7-6-11(15)16/h2-5H,6-8H2,1H3,(H,15,16)(H2,13,14,17). The molecule has 3 N–H and O–H groups in total. The molecule has 0 fully saturated rings. The van der Waals surface area contributed by atoms with Gasteiger partial charge in [0, 0.05) is 6.54 Å². The molecule has 6 nitrogen and oxygen atoms in total. The van der Waals surface area contributed by atoms with Crippen LogP contribution in [0.25, 0.3) is 0 Å². The third kappa shape index (κ3) is 5.74. The summed E-state index contributed by atoms with van der Waals surface area (Å²) in [6.45, 7) is 2.09. The zero-order valence-corrected chi connectivity index (χ0v) is 10.1. The second-order valence-corrected chi connectivity index (χ2v) is 3.68. The first kappa shape index (κ1) is 13.8. The number of nitrogens with one attached hydrogen (secondary N) is 2. The van der Waals surface area contributed by atoms with Gasteiger partial charge in [-0.25, -0.2) is 4.79 Å². The number of carbonyl (C=O) groups excluding carboxylic acids is 1. The summed E-state index contributed by atoms with van der Waals surface area (Å²) in [5.74, 6) is -0.294. The Morgan fingerprint density at radius 3 is 2.50 bits per heavy atom. The van der Waals surface area contributed by atoms with Crippen LogP contribution in [0.1, 0.15) is 12.0 Å². The maximum atomic E-state index is 11.2. The minimum absolute atomic E-state index is 0.0297. The van der Waals surface area contributed by atoms with Gasteiger partial charge in [-0.2, -0.15) is 0 Å². The summed E-state index contributed by atoms with van der Waals surface area (Å²) in [6.07, 6.45) is -0.105. The highest BCUT2D eigenvalue weighted by Gasteiger charge is 2.01. The van der Waals surface area contributed by atoms with Crippen molar-refractivity contribution in [2.24, 2.45) is 0 Å². The van der Waals surface area contributed by atoms with E-state index < -0.39 is 12.0 Å². The van der Waals surface area contributed by atoms with Crippen LogP contribution in [0.15, 0.2) is 24.3 Å². The molecule has 0 atom stereocenters. The van der Waals surface area contributed by atoms with Gasteiger partial charge in [-0.3, -0.25) is 4.79 Å². The van der Waals surface area contributed by atoms with E-state index in [1.165, 1.54) is 0 Å². The molecule has 0 aliphatic rings. The maximum absolute atomic E-state index is 11.2. The van der Waals surface area contributed by atoms with Gasteiger partial charge in [0.05, 0.1) is 6.42 Å². The number of carboxylic acid groups (broad SMARTS) is 1. The summed E-state index contributed by atoms with van der Waals surface area (Å²) in [4.78, 5) is 21.4. The van der Waals surface area contributed by atoms with E-state index in [4.69, 9.17) is 9.84 Å². The van der Waals surface area contributed by atoms with Crippen molar-refractivity contribution in [1.82, 2.24) is 10.6 Å². The number of aryl methyl sites for hydroxylation is 1. The molecule has 2 amide bonds. The number of hydrogen-bond acceptors (Lipinski definition) is 3. The Morgan fingerprint density at radius 2 is 1.89 bits per heavy atom. The fourth-order valence-electron chi connectivity index (χ4n) is 1.16. The molecule has 18 heavy (non-hydrogen) atoms. The lowest BCUT2D eigenvalue weighted by molar-refractivity contribution is -0.136. The van der Waals surface area contributed by atoms with E-state index in [1.54, 1.807) is 12.1 Å². The number of aliphatic carboxylic acids is 1. The first-order valence-corrected chi connectivity index (χ1v) is 5.51. The molecule has 0 saturated heterocycles. The van der Waals surface area contributed by atoms with Gasteiger partial charge in [-0.15, -0.1) is 0 Å². The maximum Gasteiger partial charge on any atom is 0.317 e. The van der Waals surface area contributed by atoms with Crippen LogP contribution in [0.5, 0.6) is 5.75 Å². The van der Waals surface area contributed by atoms with Crippen LogP contribution >= 0.6 is 0 Å². The number of hydrogen-bond donors (Lipinski definition) is 3. The minimum Gasteiger partial charge on any atom is -0.481 e. The van der Waals surface area contributed by atoms with Crippen LogP contribution in [-0.2, 0) is 4.79 Å². The summed E-state index contributed by atoms with van der Waals surface area (Å²) >= 11 is 0. The van der Waals surface area contributed by atoms with Gasteiger partial charge in [0.1, 0.15) is 5.75 Å². The Balaban J connectivity index is 2.15. The van der Waals surface area contributed by atoms with E-state index in [1.807, 2.05) is 19.1 Å². The Hall–Kier alpha value is -2.24. The number of benzene rings is 1. The van der Waals surface area contributed by atoms with E-state index in [0.29, 0.717) is 5.75 Å². The molecular formula is C12H16N2O4. The molecule has 98 valence electrons. The highest BCUT2D eigenvalue weighted by Crippen LogP contribution is 2.10. The average Bonchev–Trinajstić information content (AvgIpc) is 2.31. The summed E-state index contributed by atoms with van der Waals surface area (Å²) < 4.78 is 5.27. The normalized spacial score (nSPS) is 9.61. The number of carbonyl (C=O) groups is 2. The molecule has 0 unspecified atom stereocenters. The van der Waals surface area contributed by atoms with E-state index in [2.05, 4.69) is 10.6 Å². The average molecular weight is 252 g/mol. The summed E-state index contributed by atoms with van der Waals surface area (Å²) in [7, 11) is 0. The quantitative estimate of drug-likeness (QED) is 0.662. The molecule has 0 aliphatic heterocycles. The number of amides is 2. The number of rotatable bonds is 6. The van der Waals surface area contributed by atoms with Gasteiger partial charge in [-0.05, 0) is 19.1 Å². The van der Waals surface area contributed by atoms with Gasteiger partial charge in [0.15, 0.2) is 6.73 Å². The molecule has 0 aromatic heterocycles. The van der Waals surface area contributed by atoms with Gasteiger partial charge in [0.25, 0.3) is 0 Å². The zero-order chi connectivity index (χ0) is 13.4. The van der Waals surface area contributed by atoms with Crippen LogP contribution in [0.4, 0.5) is 4.79 Å². The van der Waals surface area contributed by atoms with E-state index in [9.17, 15) is 9.59 Å². The Kier molecular flexibility index (Phi) is 5.50. The molecule has 0 saturated carbocycles. The lowest BCUT2D eigenvalue weighted by Gasteiger charge is -2.08. The second kappa shape index (κ2) is 7.16. The molecule has 1 rings (SSSR count). The van der Waals surface area contributed by atoms with Crippen molar-refractivity contribution >= 4 is 12.0 Å². The van der Waals surface area contributed by atoms with Crippen molar-refractivity contribution in [1.29, 1.82) is 0 Å². The van der Waals surface area contributed by atoms with Crippen LogP contribution in [-0.4, -0.2) is 30.4 Å². The van der Waals surface area contributed by atoms with Crippen molar-refractivity contribution in [3.8, 4) is 5.75 Å². The molecular weight excluding hydrogens is 236 g/mol. The number of carboxylic acids is 1. The third-order valence-corrected chi connectivity index (χ3v) is 2.12. The van der Waals surface area contributed by atoms with Crippen LogP contribution in [0.3, 0.4) is 0 Å². The number of urea groups is 1. The van der Waals surface area contributed by atoms with Crippen molar-refractivity contribution < 1.29 is 19.4 Å². The first-order chi connectivity index (χ1) is 8.58. The summed E-state index contributed by atoms with van der Waals surface area (Å²) in [5, 5.41) is 13.2. The van der Waals surface area contributed by atoms with Crippen LogP contribution < -0.4 is 15.4 Å². The van der Waals surface area contributed by atoms with E-state index in [0.717, 1.165) is 5.56 Å². The topological polar surface area (TPSA) is 87.7 Å². The summed E-state index contributed by atoms with van der Waals surface area (Å²) in [5.41, 5.74) is 1.13. The lowest BCUT2D eigenvalue weighted by Crippen LogP contribution is -2.38. The predicted molar refractivity (Wildman–Crippen MR) is 65.5 cm³/mol. The largest absolute Gasteiger partial charge is 0.481 e. The lowest BCUT2D eigenvalue weighted by atomic mass is 10.2. The monoisotopic (exact) mass is 252 g/mol. The highest BCUT2D eigenvalue weighted by atomic mass is 16.5. The molecule has 0 heterocycles. The van der Waals surface area contributed by atoms with E-state index >= 15 is 0 Å². The van der Waals surface area contributed by atoms with Crippen molar-refractivity contribution in [2.45, 2.75) is 13.3 Å². The van der Waals surface area contributed by atoms with Crippen LogP contribution in [0.2, 0.25) is 0 Å². The van der Waals surface area contributed by atoms with Gasteiger partial charge >= 0.3 is 12.0 Å². The summed E-state index contributed by atoms with van der Waals surface area (Å²) in [6, 6.07) is 6.96. The van der Waals surface area contributed by atoms with Gasteiger partial charge < -0.3 is 20.5 Å². The van der Waals surface area contributed by atoms with E-state index in [-0.39, 0.29) is 19.7 Å². The fraction of sp³-hybridized carbons (Fsp3) is 0.333. The van der Waals surface area contributed by atoms with Crippen LogP contribution in [0, 0.1) is 6.92 Å². The Labute approximate surface area is 105 Å². The van der Waals surface area contributed by atoms with Crippen molar-refractivity contribution in [3.05, 3.63) is 29.8 Å². The Bertz CT molecular complexity index is 403. The molecule has 0 aliphatic carbocycles. The molecule has 6 heteroatoms. The predicted octanol–water partition coefficient (Wildman–Crippen LogP) is 1.11. The SMILES string of the molecule is Cc1ccc(OCNC(=O)NCCC(=O)O)cc1. The second-order valence-electron chi connectivity index (χ2n) is 3.68. The molecule has 0 radical (unpaired) electrons. The number of ether oxygens (including phenoxy) is 1. The highest BCUT2D eigenvalue weighted by molar-refractivity contribution is 5.74. The molecule has 0 spiro atoms. The van der Waals surface area contributed by atoms with Gasteiger partial charge in [-0.1, -0.05) is 17.7 Å². The fourth-order valence-corrected chi connectivity index (χ4v) is 1.16. The van der Waals surface area contributed by atoms with Gasteiger partial charge in [0.2, 0.25) is 0 Å². The van der Waals surface area contributed by atoms with Crippen molar-refractivity contribution in [3.63, 3.8) is 0 Å². The smallest absolute Gasteiger partial charge is 0.317 e. The first-order valence-electron chi connectivity index (χ1n) is 5.51. The molecule has 0 bridgehead atoms. The third-order valence-electron chi connectivity index (χ3n) is 2.12.